The molecular weight excluding hydrogens is 672 g/mol. The first kappa shape index (κ1) is 37.4. The van der Waals surface area contributed by atoms with Crippen LogP contribution in [0.1, 0.15) is 88.8 Å². The molecule has 0 aliphatic rings. The maximum absolute atomic E-state index is 16.6. The SMILES string of the molecule is CC(C)[O][Ti](=[O])([O]c1ccc(C(C)(C)c2ccccc2)cc1)([c]1ccc(C(C)(C)c2ccccc2)cc1)[c]1ccc(C(C)(C)c2ccccc2)cc1. The molecule has 0 bridgehead atoms. The van der Waals surface area contributed by atoms with Crippen LogP contribution in [0.25, 0.3) is 0 Å². The molecule has 0 radical (unpaired) electrons. The molecule has 0 fully saturated rings. The van der Waals surface area contributed by atoms with Gasteiger partial charge in [0.25, 0.3) is 0 Å². The fourth-order valence-corrected chi connectivity index (χ4v) is 13.4. The molecule has 6 aromatic carbocycles. The van der Waals surface area contributed by atoms with Crippen LogP contribution in [0.5, 0.6) is 5.75 Å². The zero-order valence-electron chi connectivity index (χ0n) is 31.9. The quantitative estimate of drug-likeness (QED) is 0.118. The van der Waals surface area contributed by atoms with Gasteiger partial charge in [0, 0.05) is 0 Å². The molecular formula is C48H52O3Ti. The first-order valence-electron chi connectivity index (χ1n) is 18.4. The first-order chi connectivity index (χ1) is 24.6. The minimum absolute atomic E-state index is 0.231. The summed E-state index contributed by atoms with van der Waals surface area (Å²) >= 11 is -6.07. The molecule has 0 unspecified atom stereocenters. The average Bonchev–Trinajstić information content (AvgIpc) is 3.16. The Morgan fingerprint density at radius 1 is 0.404 bits per heavy atom. The van der Waals surface area contributed by atoms with Crippen LogP contribution in [-0.4, -0.2) is 6.10 Å². The van der Waals surface area contributed by atoms with Gasteiger partial charge in [-0.1, -0.05) is 0 Å². The van der Waals surface area contributed by atoms with Crippen molar-refractivity contribution in [1.29, 1.82) is 0 Å². The van der Waals surface area contributed by atoms with Crippen molar-refractivity contribution < 1.29 is 26.0 Å². The van der Waals surface area contributed by atoms with E-state index >= 15 is 3.32 Å². The third kappa shape index (κ3) is 7.03. The number of hydrogen-bond donors (Lipinski definition) is 0. The van der Waals surface area contributed by atoms with E-state index in [9.17, 15) is 0 Å². The summed E-state index contributed by atoms with van der Waals surface area (Å²) in [4.78, 5) is 0. The van der Waals surface area contributed by atoms with Crippen molar-refractivity contribution in [3.8, 4) is 5.75 Å². The van der Waals surface area contributed by atoms with Gasteiger partial charge in [0.15, 0.2) is 0 Å². The second-order valence-electron chi connectivity index (χ2n) is 15.9. The van der Waals surface area contributed by atoms with Crippen LogP contribution in [0.4, 0.5) is 0 Å². The molecule has 4 heteroatoms. The van der Waals surface area contributed by atoms with Crippen molar-refractivity contribution in [2.45, 2.75) is 77.7 Å². The zero-order chi connectivity index (χ0) is 37.2. The summed E-state index contributed by atoms with van der Waals surface area (Å²) in [7, 11) is 0. The van der Waals surface area contributed by atoms with Gasteiger partial charge >= 0.3 is 314 Å². The Balaban J connectivity index is 1.48. The number of benzene rings is 6. The molecule has 0 saturated carbocycles. The molecule has 0 amide bonds. The molecule has 0 aromatic heterocycles. The van der Waals surface area contributed by atoms with Crippen LogP contribution >= 0.6 is 0 Å². The first-order valence-corrected chi connectivity index (χ1v) is 21.9. The van der Waals surface area contributed by atoms with Crippen molar-refractivity contribution in [2.24, 2.45) is 0 Å². The topological polar surface area (TPSA) is 35.5 Å². The van der Waals surface area contributed by atoms with Gasteiger partial charge in [0.2, 0.25) is 0 Å². The minimum atomic E-state index is -6.07. The molecule has 6 aromatic rings. The van der Waals surface area contributed by atoms with Crippen LogP contribution in [0.2, 0.25) is 0 Å². The molecule has 6 rings (SSSR count). The van der Waals surface area contributed by atoms with Crippen molar-refractivity contribution >= 4 is 7.74 Å². The average molecular weight is 725 g/mol. The van der Waals surface area contributed by atoms with Gasteiger partial charge in [0.1, 0.15) is 0 Å². The summed E-state index contributed by atoms with van der Waals surface area (Å²) in [6.45, 7) is 17.1. The summed E-state index contributed by atoms with van der Waals surface area (Å²) in [5.41, 5.74) is 6.22. The number of rotatable bonds is 12. The zero-order valence-corrected chi connectivity index (χ0v) is 33.5. The molecule has 0 aliphatic heterocycles. The summed E-state index contributed by atoms with van der Waals surface area (Å²) in [5, 5.41) is 0. The van der Waals surface area contributed by atoms with Gasteiger partial charge < -0.3 is 0 Å². The summed E-state index contributed by atoms with van der Waals surface area (Å²) < 4.78 is 31.5. The van der Waals surface area contributed by atoms with Gasteiger partial charge in [0.05, 0.1) is 0 Å². The summed E-state index contributed by atoms with van der Waals surface area (Å²) in [5.74, 6) is 0.502. The van der Waals surface area contributed by atoms with Crippen molar-refractivity contribution in [3.05, 3.63) is 197 Å². The Morgan fingerprint density at radius 2 is 0.673 bits per heavy atom. The van der Waals surface area contributed by atoms with E-state index in [4.69, 9.17) is 6.64 Å². The molecule has 0 atom stereocenters. The Labute approximate surface area is 312 Å². The van der Waals surface area contributed by atoms with Gasteiger partial charge in [-0.3, -0.25) is 0 Å². The van der Waals surface area contributed by atoms with E-state index in [0.29, 0.717) is 13.5 Å². The Hall–Kier alpha value is -4.41. The van der Waals surface area contributed by atoms with Crippen LogP contribution in [0.15, 0.2) is 164 Å². The van der Waals surface area contributed by atoms with Crippen molar-refractivity contribution in [3.63, 3.8) is 0 Å². The molecule has 0 saturated heterocycles. The third-order valence-electron chi connectivity index (χ3n) is 11.0. The molecule has 0 spiro atoms. The molecule has 266 valence electrons. The van der Waals surface area contributed by atoms with E-state index < -0.39 is 16.1 Å². The predicted molar refractivity (Wildman–Crippen MR) is 212 cm³/mol. The van der Waals surface area contributed by atoms with Gasteiger partial charge in [-0.15, -0.1) is 0 Å². The van der Waals surface area contributed by atoms with E-state index in [-0.39, 0.29) is 22.3 Å². The maximum atomic E-state index is 16.6. The van der Waals surface area contributed by atoms with E-state index in [1.165, 1.54) is 16.7 Å². The third-order valence-corrected chi connectivity index (χ3v) is 17.5. The van der Waals surface area contributed by atoms with Crippen molar-refractivity contribution in [1.82, 2.24) is 0 Å². The van der Waals surface area contributed by atoms with E-state index in [2.05, 4.69) is 151 Å². The number of hydrogen-bond acceptors (Lipinski definition) is 3. The fraction of sp³-hybridized carbons (Fsp3) is 0.250. The molecule has 3 nitrogen and oxygen atoms in total. The Kier molecular flexibility index (Phi) is 10.2. The predicted octanol–water partition coefficient (Wildman–Crippen LogP) is 11.0. The summed E-state index contributed by atoms with van der Waals surface area (Å²) in [6, 6.07) is 55.6. The standard InChI is InChI=1S/C15H16O.2C15H15.C3H7O.O.Ti/c1-15(2,12-6-4-3-5-7-12)13-8-10-14(16)11-9-13;2*1-15(2,13-9-5-3-6-10-13)14-11-7-4-8-12-14;1-3(2)4;;/h3-11,16H,1-2H3;2*3,5-12H,1-2H3;3H,1-2H3;;/q;;;-1;;+2/p-1. The fourth-order valence-electron chi connectivity index (χ4n) is 7.44. The monoisotopic (exact) mass is 724 g/mol. The van der Waals surface area contributed by atoms with E-state index in [1.807, 2.05) is 68.4 Å². The van der Waals surface area contributed by atoms with Crippen molar-refractivity contribution in [2.75, 3.05) is 0 Å². The van der Waals surface area contributed by atoms with Crippen LogP contribution in [-0.2, 0) is 38.9 Å². The molecule has 52 heavy (non-hydrogen) atoms. The molecule has 0 N–H and O–H groups in total. The van der Waals surface area contributed by atoms with Crippen LogP contribution in [0.3, 0.4) is 0 Å². The second kappa shape index (κ2) is 14.2. The normalized spacial score (nSPS) is 12.9. The van der Waals surface area contributed by atoms with Gasteiger partial charge in [-0.2, -0.15) is 0 Å². The van der Waals surface area contributed by atoms with Gasteiger partial charge in [-0.25, -0.2) is 0 Å². The molecule has 0 heterocycles. The summed E-state index contributed by atoms with van der Waals surface area (Å²) in [6.07, 6.45) is -0.383. The van der Waals surface area contributed by atoms with E-state index in [1.54, 1.807) is 0 Å². The second-order valence-corrected chi connectivity index (χ2v) is 21.5. The van der Waals surface area contributed by atoms with E-state index in [0.717, 1.165) is 16.7 Å². The Morgan fingerprint density at radius 3 is 0.962 bits per heavy atom. The van der Waals surface area contributed by atoms with Crippen LogP contribution < -0.4 is 11.1 Å². The Bertz CT molecular complexity index is 2050. The van der Waals surface area contributed by atoms with Gasteiger partial charge in [-0.05, 0) is 0 Å². The molecule has 0 aliphatic carbocycles. The van der Waals surface area contributed by atoms with Crippen LogP contribution in [0, 0.1) is 0 Å².